The van der Waals surface area contributed by atoms with Gasteiger partial charge in [-0.25, -0.2) is 0 Å². The maximum absolute atomic E-state index is 2.73. The lowest BCUT2D eigenvalue weighted by Crippen LogP contribution is -2.63. The van der Waals surface area contributed by atoms with Crippen LogP contribution in [0.3, 0.4) is 0 Å². The average molecular weight is 911 g/mol. The summed E-state index contributed by atoms with van der Waals surface area (Å²) in [6.45, 7) is 34.2. The van der Waals surface area contributed by atoms with Crippen LogP contribution in [0.25, 0.3) is 22.3 Å². The highest BCUT2D eigenvalue weighted by molar-refractivity contribution is 7.20. The number of nitrogens with zero attached hydrogens (tertiary/aromatic N) is 2. The molecule has 0 atom stereocenters. The summed E-state index contributed by atoms with van der Waals surface area (Å²) in [6.07, 6.45) is 4.69. The summed E-state index contributed by atoms with van der Waals surface area (Å²) in [5, 5.41) is 1.39. The van der Waals surface area contributed by atoms with Gasteiger partial charge in [-0.3, -0.25) is 0 Å². The van der Waals surface area contributed by atoms with Crippen molar-refractivity contribution in [3.63, 3.8) is 0 Å². The van der Waals surface area contributed by atoms with E-state index in [1.165, 1.54) is 114 Å². The van der Waals surface area contributed by atoms with Gasteiger partial charge in [0, 0.05) is 33.2 Å². The van der Waals surface area contributed by atoms with E-state index in [-0.39, 0.29) is 39.2 Å². The lowest BCUT2D eigenvalue weighted by Gasteiger charge is -2.48. The van der Waals surface area contributed by atoms with Gasteiger partial charge in [0.2, 0.25) is 0 Å². The Morgan fingerprint density at radius 2 is 0.985 bits per heavy atom. The van der Waals surface area contributed by atoms with Crippen LogP contribution in [0.5, 0.6) is 0 Å². The first kappa shape index (κ1) is 45.1. The van der Waals surface area contributed by atoms with Gasteiger partial charge in [-0.1, -0.05) is 182 Å². The molecule has 0 saturated heterocycles. The van der Waals surface area contributed by atoms with Gasteiger partial charge in [-0.15, -0.1) is 11.3 Å². The zero-order valence-electron chi connectivity index (χ0n) is 43.3. The van der Waals surface area contributed by atoms with Crippen LogP contribution in [0.2, 0.25) is 0 Å². The standard InChI is InChI=1S/C64H71BN2S/c1-59(2,3)43-25-28-45(29-26-43)66-52-35-42(40-21-17-15-18-22-40)36-53-55(52)65(56-54-57(68-58(56)66)64(13,14)34-33-63(54,11)12)49-38-47-48(62(9,10)32-31-61(47,7)8)39-51(49)67(53)50-30-27-44(60(4,5)6)37-46(50)41-23-19-16-20-24-41/h15-30,35-39H,31-34H2,1-14H3. The molecule has 2 aliphatic heterocycles. The predicted molar refractivity (Wildman–Crippen MR) is 297 cm³/mol. The molecule has 1 aromatic heterocycles. The fraction of sp³-hybridized carbons (Fsp3) is 0.375. The number of thiophene rings is 1. The van der Waals surface area contributed by atoms with Crippen molar-refractivity contribution in [2.75, 3.05) is 9.80 Å². The number of rotatable bonds is 4. The van der Waals surface area contributed by atoms with E-state index < -0.39 is 0 Å². The van der Waals surface area contributed by atoms with Crippen LogP contribution < -0.4 is 26.2 Å². The highest BCUT2D eigenvalue weighted by Crippen LogP contribution is 2.57. The monoisotopic (exact) mass is 911 g/mol. The van der Waals surface area contributed by atoms with Gasteiger partial charge >= 0.3 is 0 Å². The van der Waals surface area contributed by atoms with E-state index in [1.807, 2.05) is 0 Å². The molecule has 0 radical (unpaired) electrons. The van der Waals surface area contributed by atoms with Gasteiger partial charge in [0.15, 0.2) is 0 Å². The lowest BCUT2D eigenvalue weighted by atomic mass is 9.32. The Bertz CT molecular complexity index is 3130. The van der Waals surface area contributed by atoms with Gasteiger partial charge in [0.05, 0.1) is 10.7 Å². The van der Waals surface area contributed by atoms with Gasteiger partial charge in [-0.2, -0.15) is 0 Å². The molecule has 0 bridgehead atoms. The Balaban J connectivity index is 1.33. The van der Waals surface area contributed by atoms with E-state index in [2.05, 4.69) is 245 Å². The van der Waals surface area contributed by atoms with E-state index in [0.29, 0.717) is 0 Å². The molecular weight excluding hydrogens is 840 g/mol. The highest BCUT2D eigenvalue weighted by atomic mass is 32.1. The van der Waals surface area contributed by atoms with Crippen LogP contribution in [0.1, 0.15) is 155 Å². The summed E-state index contributed by atoms with van der Waals surface area (Å²) in [4.78, 5) is 7.00. The van der Waals surface area contributed by atoms with Crippen molar-refractivity contribution in [3.05, 3.63) is 160 Å². The third-order valence-corrected chi connectivity index (χ3v) is 18.4. The van der Waals surface area contributed by atoms with Crippen molar-refractivity contribution in [3.8, 4) is 22.3 Å². The van der Waals surface area contributed by atoms with Gasteiger partial charge in [0.25, 0.3) is 6.71 Å². The molecular formula is C64H71BN2S. The van der Waals surface area contributed by atoms with Crippen LogP contribution in [0.4, 0.5) is 33.4 Å². The van der Waals surface area contributed by atoms with E-state index in [4.69, 9.17) is 0 Å². The number of hydrogen-bond acceptors (Lipinski definition) is 3. The first-order valence-corrected chi connectivity index (χ1v) is 26.3. The molecule has 2 aliphatic carbocycles. The third-order valence-electron chi connectivity index (χ3n) is 16.8. The van der Waals surface area contributed by atoms with Crippen molar-refractivity contribution >= 4 is 67.9 Å². The first-order chi connectivity index (χ1) is 32.0. The summed E-state index contributed by atoms with van der Waals surface area (Å²) in [5.41, 5.74) is 23.2. The van der Waals surface area contributed by atoms with E-state index in [9.17, 15) is 0 Å². The van der Waals surface area contributed by atoms with Crippen molar-refractivity contribution in [2.24, 2.45) is 0 Å². The predicted octanol–water partition coefficient (Wildman–Crippen LogP) is 16.5. The molecule has 0 saturated carbocycles. The molecule has 0 spiro atoms. The van der Waals surface area contributed by atoms with E-state index in [1.54, 1.807) is 10.4 Å². The number of benzene rings is 6. The minimum Gasteiger partial charge on any atom is -0.311 e. The molecule has 2 nitrogen and oxygen atoms in total. The Labute approximate surface area is 412 Å². The van der Waals surface area contributed by atoms with E-state index in [0.717, 1.165) is 6.42 Å². The average Bonchev–Trinajstić information content (AvgIpc) is 3.72. The maximum atomic E-state index is 2.73. The van der Waals surface area contributed by atoms with Crippen molar-refractivity contribution in [2.45, 2.75) is 155 Å². The summed E-state index contributed by atoms with van der Waals surface area (Å²) in [6, 6.07) is 49.8. The Morgan fingerprint density at radius 1 is 0.456 bits per heavy atom. The summed E-state index contributed by atoms with van der Waals surface area (Å²) < 4.78 is 0. The largest absolute Gasteiger partial charge is 0.311 e. The molecule has 11 rings (SSSR count). The van der Waals surface area contributed by atoms with E-state index >= 15 is 0 Å². The van der Waals surface area contributed by atoms with Crippen molar-refractivity contribution < 1.29 is 0 Å². The van der Waals surface area contributed by atoms with Gasteiger partial charge < -0.3 is 9.80 Å². The Kier molecular flexibility index (Phi) is 10.0. The van der Waals surface area contributed by atoms with Gasteiger partial charge in [0.1, 0.15) is 0 Å². The second-order valence-electron chi connectivity index (χ2n) is 25.6. The van der Waals surface area contributed by atoms with Gasteiger partial charge in [-0.05, 0) is 162 Å². The fourth-order valence-electron chi connectivity index (χ4n) is 12.4. The smallest absolute Gasteiger partial charge is 0.253 e. The fourth-order valence-corrected chi connectivity index (χ4v) is 14.1. The molecule has 4 heteroatoms. The zero-order valence-corrected chi connectivity index (χ0v) is 44.1. The number of fused-ring (bicyclic) bond motifs is 7. The minimum atomic E-state index is -0.0217. The molecule has 0 fully saturated rings. The quantitative estimate of drug-likeness (QED) is 0.162. The van der Waals surface area contributed by atoms with Crippen LogP contribution in [-0.2, 0) is 32.5 Å². The van der Waals surface area contributed by atoms with Crippen LogP contribution >= 0.6 is 11.3 Å². The lowest BCUT2D eigenvalue weighted by molar-refractivity contribution is 0.332. The first-order valence-electron chi connectivity index (χ1n) is 25.5. The molecule has 0 N–H and O–H groups in total. The summed E-state index contributed by atoms with van der Waals surface area (Å²) >= 11 is 2.09. The second kappa shape index (κ2) is 15.1. The highest BCUT2D eigenvalue weighted by Gasteiger charge is 2.52. The molecule has 68 heavy (non-hydrogen) atoms. The molecule has 0 amide bonds. The third kappa shape index (κ3) is 7.00. The molecule has 0 unspecified atom stereocenters. The molecule has 7 aromatic rings. The zero-order chi connectivity index (χ0) is 48.1. The van der Waals surface area contributed by atoms with Crippen molar-refractivity contribution in [1.82, 2.24) is 0 Å². The Morgan fingerprint density at radius 3 is 1.59 bits per heavy atom. The normalized spacial score (nSPS) is 18.3. The number of hydrogen-bond donors (Lipinski definition) is 0. The molecule has 3 heterocycles. The maximum Gasteiger partial charge on any atom is 0.253 e. The van der Waals surface area contributed by atoms with Crippen LogP contribution in [0.15, 0.2) is 127 Å². The van der Waals surface area contributed by atoms with Crippen LogP contribution in [0, 0.1) is 0 Å². The minimum absolute atomic E-state index is 0.00831. The molecule has 4 aliphatic rings. The number of anilines is 6. The summed E-state index contributed by atoms with van der Waals surface area (Å²) in [5.74, 6) is 0. The molecule has 346 valence electrons. The topological polar surface area (TPSA) is 6.48 Å². The SMILES string of the molecule is CC(C)(C)c1ccc(N2c3cc(-c4ccccc4)cc4c3B(c3cc5c(cc3N4c3ccc(C(C)(C)C)cc3-c3ccccc3)C(C)(C)CCC5(C)C)c3c2sc2c3C(C)(C)CCC2(C)C)cc1. The molecule has 6 aromatic carbocycles. The summed E-state index contributed by atoms with van der Waals surface area (Å²) in [7, 11) is 0. The van der Waals surface area contributed by atoms with Crippen molar-refractivity contribution in [1.29, 1.82) is 0 Å². The second-order valence-corrected chi connectivity index (χ2v) is 26.6. The van der Waals surface area contributed by atoms with Crippen LogP contribution in [-0.4, -0.2) is 6.71 Å². The Hall–Kier alpha value is -5.32.